The molecule has 1 atom stereocenters. The predicted molar refractivity (Wildman–Crippen MR) is 102 cm³/mol. The van der Waals surface area contributed by atoms with Gasteiger partial charge in [-0.1, -0.05) is 29.8 Å². The van der Waals surface area contributed by atoms with Crippen LogP contribution in [0.4, 0.5) is 10.5 Å². The first-order chi connectivity index (χ1) is 13.4. The van der Waals surface area contributed by atoms with Crippen LogP contribution >= 0.6 is 0 Å². The van der Waals surface area contributed by atoms with Crippen LogP contribution in [0.5, 0.6) is 0 Å². The average Bonchev–Trinajstić information content (AvgIpc) is 3.06. The van der Waals surface area contributed by atoms with Crippen molar-refractivity contribution in [1.29, 1.82) is 0 Å². The smallest absolute Gasteiger partial charge is 0.282 e. The van der Waals surface area contributed by atoms with Gasteiger partial charge >= 0.3 is 6.03 Å². The second kappa shape index (κ2) is 6.60. The van der Waals surface area contributed by atoms with E-state index >= 15 is 0 Å². The van der Waals surface area contributed by atoms with E-state index in [0.29, 0.717) is 16.8 Å². The van der Waals surface area contributed by atoms with Crippen LogP contribution in [0.3, 0.4) is 0 Å². The molecule has 7 nitrogen and oxygen atoms in total. The molecule has 5 amide bonds. The first-order valence-corrected chi connectivity index (χ1v) is 9.06. The maximum absolute atomic E-state index is 12.8. The summed E-state index contributed by atoms with van der Waals surface area (Å²) in [7, 11) is 0. The van der Waals surface area contributed by atoms with E-state index in [1.807, 2.05) is 19.1 Å². The second-order valence-electron chi connectivity index (χ2n) is 6.96. The summed E-state index contributed by atoms with van der Waals surface area (Å²) in [5, 5.41) is 0. The SMILES string of the molecule is Cc1ccc(N2C(=O)N(CCN3C(=O)c4ccccc4C3=O)C(=O)C2C)cc1. The van der Waals surface area contributed by atoms with Gasteiger partial charge in [0.1, 0.15) is 6.04 Å². The third kappa shape index (κ3) is 2.67. The highest BCUT2D eigenvalue weighted by Gasteiger charge is 2.44. The van der Waals surface area contributed by atoms with Gasteiger partial charge in [-0.2, -0.15) is 0 Å². The Morgan fingerprint density at radius 2 is 1.32 bits per heavy atom. The lowest BCUT2D eigenvalue weighted by molar-refractivity contribution is -0.127. The van der Waals surface area contributed by atoms with Crippen LogP contribution in [0.25, 0.3) is 0 Å². The van der Waals surface area contributed by atoms with E-state index in [0.717, 1.165) is 15.4 Å². The standard InChI is InChI=1S/C21H19N3O4/c1-13-7-9-15(10-8-13)24-14(2)18(25)23(21(24)28)12-11-22-19(26)16-5-3-4-6-17(16)20(22)27/h3-10,14H,11-12H2,1-2H3. The number of fused-ring (bicyclic) bond motifs is 1. The number of urea groups is 1. The predicted octanol–water partition coefficient (Wildman–Crippen LogP) is 2.45. The lowest BCUT2D eigenvalue weighted by atomic mass is 10.1. The first kappa shape index (κ1) is 17.9. The minimum atomic E-state index is -0.641. The number of amides is 5. The zero-order valence-corrected chi connectivity index (χ0v) is 15.6. The van der Waals surface area contributed by atoms with Crippen molar-refractivity contribution in [3.63, 3.8) is 0 Å². The molecule has 0 spiro atoms. The van der Waals surface area contributed by atoms with Crippen molar-refractivity contribution in [2.24, 2.45) is 0 Å². The Morgan fingerprint density at radius 1 is 0.786 bits per heavy atom. The van der Waals surface area contributed by atoms with E-state index in [1.54, 1.807) is 43.3 Å². The number of carbonyl (C=O) groups excluding carboxylic acids is 4. The van der Waals surface area contributed by atoms with Crippen LogP contribution in [-0.2, 0) is 4.79 Å². The summed E-state index contributed by atoms with van der Waals surface area (Å²) < 4.78 is 0. The van der Waals surface area contributed by atoms with Gasteiger partial charge in [-0.25, -0.2) is 4.79 Å². The number of benzene rings is 2. The van der Waals surface area contributed by atoms with Crippen molar-refractivity contribution < 1.29 is 19.2 Å². The molecule has 1 saturated heterocycles. The van der Waals surface area contributed by atoms with Gasteiger partial charge in [0.25, 0.3) is 17.7 Å². The molecule has 1 unspecified atom stereocenters. The van der Waals surface area contributed by atoms with Gasteiger partial charge < -0.3 is 0 Å². The number of rotatable bonds is 4. The number of anilines is 1. The molecular formula is C21H19N3O4. The van der Waals surface area contributed by atoms with Gasteiger partial charge in [-0.15, -0.1) is 0 Å². The molecule has 0 aliphatic carbocycles. The Morgan fingerprint density at radius 3 is 1.89 bits per heavy atom. The van der Waals surface area contributed by atoms with Crippen molar-refractivity contribution in [3.8, 4) is 0 Å². The van der Waals surface area contributed by atoms with Gasteiger partial charge in [-0.3, -0.25) is 29.1 Å². The van der Waals surface area contributed by atoms with E-state index in [2.05, 4.69) is 0 Å². The lowest BCUT2D eigenvalue weighted by Gasteiger charge is -2.20. The van der Waals surface area contributed by atoms with Crippen molar-refractivity contribution in [2.45, 2.75) is 19.9 Å². The number of hydrogen-bond acceptors (Lipinski definition) is 4. The highest BCUT2D eigenvalue weighted by Crippen LogP contribution is 2.27. The fourth-order valence-corrected chi connectivity index (χ4v) is 3.61. The average molecular weight is 377 g/mol. The van der Waals surface area contributed by atoms with E-state index in [4.69, 9.17) is 0 Å². The molecule has 1 fully saturated rings. The Hall–Kier alpha value is -3.48. The molecule has 0 radical (unpaired) electrons. The minimum Gasteiger partial charge on any atom is -0.282 e. The summed E-state index contributed by atoms with van der Waals surface area (Å²) in [6.45, 7) is 3.55. The van der Waals surface area contributed by atoms with Crippen molar-refractivity contribution in [2.75, 3.05) is 18.0 Å². The van der Waals surface area contributed by atoms with Gasteiger partial charge in [0.2, 0.25) is 0 Å². The summed E-state index contributed by atoms with van der Waals surface area (Å²) in [6, 6.07) is 12.9. The van der Waals surface area contributed by atoms with Gasteiger partial charge in [0.05, 0.1) is 11.1 Å². The highest BCUT2D eigenvalue weighted by molar-refractivity contribution is 6.21. The van der Waals surface area contributed by atoms with Crippen molar-refractivity contribution in [3.05, 3.63) is 65.2 Å². The monoisotopic (exact) mass is 377 g/mol. The quantitative estimate of drug-likeness (QED) is 0.606. The zero-order chi connectivity index (χ0) is 20.0. The normalized spacial score (nSPS) is 19.1. The molecule has 142 valence electrons. The van der Waals surface area contributed by atoms with Gasteiger partial charge in [0, 0.05) is 18.8 Å². The molecule has 2 heterocycles. The Labute approximate surface area is 162 Å². The summed E-state index contributed by atoms with van der Waals surface area (Å²) >= 11 is 0. The summed E-state index contributed by atoms with van der Waals surface area (Å²) in [4.78, 5) is 54.0. The molecule has 0 aromatic heterocycles. The molecule has 0 N–H and O–H groups in total. The van der Waals surface area contributed by atoms with Gasteiger partial charge in [0.15, 0.2) is 0 Å². The third-order valence-electron chi connectivity index (χ3n) is 5.19. The number of carbonyl (C=O) groups is 4. The summed E-state index contributed by atoms with van der Waals surface area (Å²) in [5.74, 6) is -1.14. The summed E-state index contributed by atoms with van der Waals surface area (Å²) in [6.07, 6.45) is 0. The van der Waals surface area contributed by atoms with E-state index in [9.17, 15) is 19.2 Å². The molecule has 4 rings (SSSR count). The zero-order valence-electron chi connectivity index (χ0n) is 15.6. The van der Waals surface area contributed by atoms with Crippen LogP contribution in [0, 0.1) is 6.92 Å². The van der Waals surface area contributed by atoms with E-state index in [-0.39, 0.29) is 19.0 Å². The van der Waals surface area contributed by atoms with E-state index in [1.165, 1.54) is 4.90 Å². The fraction of sp³-hybridized carbons (Fsp3) is 0.238. The maximum Gasteiger partial charge on any atom is 0.332 e. The molecule has 2 aliphatic heterocycles. The van der Waals surface area contributed by atoms with Crippen molar-refractivity contribution in [1.82, 2.24) is 9.80 Å². The minimum absolute atomic E-state index is 0.0295. The second-order valence-corrected chi connectivity index (χ2v) is 6.96. The molecule has 2 aromatic carbocycles. The molecule has 0 saturated carbocycles. The van der Waals surface area contributed by atoms with Crippen LogP contribution in [0.1, 0.15) is 33.2 Å². The molecule has 0 bridgehead atoms. The lowest BCUT2D eigenvalue weighted by Crippen LogP contribution is -2.41. The van der Waals surface area contributed by atoms with Crippen LogP contribution in [0.2, 0.25) is 0 Å². The maximum atomic E-state index is 12.8. The van der Waals surface area contributed by atoms with E-state index < -0.39 is 23.9 Å². The molecular weight excluding hydrogens is 358 g/mol. The van der Waals surface area contributed by atoms with Crippen molar-refractivity contribution >= 4 is 29.4 Å². The van der Waals surface area contributed by atoms with Gasteiger partial charge in [-0.05, 0) is 38.1 Å². The van der Waals surface area contributed by atoms with Crippen LogP contribution < -0.4 is 4.90 Å². The Bertz CT molecular complexity index is 964. The Balaban J connectivity index is 1.51. The highest BCUT2D eigenvalue weighted by atomic mass is 16.2. The van der Waals surface area contributed by atoms with Crippen LogP contribution in [-0.4, -0.2) is 52.7 Å². The fourth-order valence-electron chi connectivity index (χ4n) is 3.61. The number of nitrogens with zero attached hydrogens (tertiary/aromatic N) is 3. The molecule has 7 heteroatoms. The Kier molecular flexibility index (Phi) is 4.22. The number of imide groups is 2. The summed E-state index contributed by atoms with van der Waals surface area (Å²) in [5.41, 5.74) is 2.39. The number of hydrogen-bond donors (Lipinski definition) is 0. The molecule has 2 aliphatic rings. The molecule has 28 heavy (non-hydrogen) atoms. The topological polar surface area (TPSA) is 78.0 Å². The molecule has 2 aromatic rings. The van der Waals surface area contributed by atoms with Crippen LogP contribution in [0.15, 0.2) is 48.5 Å². The largest absolute Gasteiger partial charge is 0.332 e. The third-order valence-corrected chi connectivity index (χ3v) is 5.19. The first-order valence-electron chi connectivity index (χ1n) is 9.06. The number of aryl methyl sites for hydroxylation is 1.